The highest BCUT2D eigenvalue weighted by Gasteiger charge is 2.28. The van der Waals surface area contributed by atoms with E-state index < -0.39 is 37.0 Å². The van der Waals surface area contributed by atoms with Gasteiger partial charge in [-0.1, -0.05) is 0 Å². The molecular formula is C8H14O7. The molecule has 0 fully saturated rings. The number of carbonyl (C=O) groups is 1. The summed E-state index contributed by atoms with van der Waals surface area (Å²) in [5, 5.41) is 53.0. The highest BCUT2D eigenvalue weighted by molar-refractivity contribution is 5.79. The van der Waals surface area contributed by atoms with Gasteiger partial charge in [-0.25, -0.2) is 4.79 Å². The van der Waals surface area contributed by atoms with Gasteiger partial charge in [-0.3, -0.25) is 0 Å². The van der Waals surface area contributed by atoms with Crippen LogP contribution in [0.1, 0.15) is 0 Å². The minimum absolute atomic E-state index is 0.589. The van der Waals surface area contributed by atoms with Gasteiger partial charge in [0.05, 0.1) is 6.61 Å². The molecule has 0 aliphatic carbocycles. The molecule has 0 aromatic rings. The van der Waals surface area contributed by atoms with E-state index >= 15 is 0 Å². The fraction of sp³-hybridized carbons (Fsp3) is 0.625. The molecule has 15 heavy (non-hydrogen) atoms. The van der Waals surface area contributed by atoms with E-state index in [1.807, 2.05) is 0 Å². The van der Waals surface area contributed by atoms with Crippen LogP contribution in [0.25, 0.3) is 0 Å². The molecule has 0 saturated heterocycles. The van der Waals surface area contributed by atoms with Crippen molar-refractivity contribution in [1.82, 2.24) is 0 Å². The van der Waals surface area contributed by atoms with Gasteiger partial charge in [0.25, 0.3) is 0 Å². The molecule has 0 amide bonds. The Balaban J connectivity index is 4.30. The topological polar surface area (TPSA) is 138 Å². The minimum atomic E-state index is -1.78. The number of aliphatic carboxylic acids is 1. The van der Waals surface area contributed by atoms with E-state index in [2.05, 4.69) is 0 Å². The van der Waals surface area contributed by atoms with Crippen LogP contribution in [0, 0.1) is 0 Å². The van der Waals surface area contributed by atoms with Crippen LogP contribution in [-0.2, 0) is 4.79 Å². The monoisotopic (exact) mass is 222 g/mol. The van der Waals surface area contributed by atoms with Gasteiger partial charge in [-0.2, -0.15) is 0 Å². The SMILES string of the molecule is O=C(O)/C=C/[C@H](O)[C@@H](O)[C@@H](O)[C@H](O)CO. The first-order chi connectivity index (χ1) is 6.90. The zero-order valence-corrected chi connectivity index (χ0v) is 7.76. The molecular weight excluding hydrogens is 208 g/mol. The number of hydrogen-bond donors (Lipinski definition) is 6. The van der Waals surface area contributed by atoms with Gasteiger partial charge in [0.1, 0.15) is 24.4 Å². The van der Waals surface area contributed by atoms with E-state index in [1.54, 1.807) is 0 Å². The second-order valence-electron chi connectivity index (χ2n) is 2.92. The van der Waals surface area contributed by atoms with E-state index in [0.717, 1.165) is 6.08 Å². The summed E-state index contributed by atoms with van der Waals surface area (Å²) in [6, 6.07) is 0. The van der Waals surface area contributed by atoms with Crippen molar-refractivity contribution in [3.8, 4) is 0 Å². The van der Waals surface area contributed by atoms with Crippen LogP contribution in [0.4, 0.5) is 0 Å². The average Bonchev–Trinajstić information content (AvgIpc) is 2.22. The predicted octanol–water partition coefficient (Wildman–Crippen LogP) is -2.94. The van der Waals surface area contributed by atoms with Crippen LogP contribution >= 0.6 is 0 Å². The Bertz CT molecular complexity index is 227. The van der Waals surface area contributed by atoms with Gasteiger partial charge >= 0.3 is 5.97 Å². The zero-order valence-electron chi connectivity index (χ0n) is 7.76. The standard InChI is InChI=1S/C8H14O7/c9-3-5(11)8(15)7(14)4(10)1-2-6(12)13/h1-2,4-5,7-11,14-15H,3H2,(H,12,13)/b2-1+/t4-,5+,7+,8-/m0/s1. The largest absolute Gasteiger partial charge is 0.478 e. The third-order valence-corrected chi connectivity index (χ3v) is 1.72. The van der Waals surface area contributed by atoms with Crippen molar-refractivity contribution < 1.29 is 35.4 Å². The maximum Gasteiger partial charge on any atom is 0.328 e. The molecule has 0 aromatic heterocycles. The van der Waals surface area contributed by atoms with Gasteiger partial charge in [0.15, 0.2) is 0 Å². The van der Waals surface area contributed by atoms with Crippen molar-refractivity contribution in [2.45, 2.75) is 24.4 Å². The van der Waals surface area contributed by atoms with Gasteiger partial charge in [-0.15, -0.1) is 0 Å². The molecule has 0 radical (unpaired) electrons. The third kappa shape index (κ3) is 4.86. The van der Waals surface area contributed by atoms with Crippen LogP contribution in [0.5, 0.6) is 0 Å². The number of hydrogen-bond acceptors (Lipinski definition) is 6. The molecule has 88 valence electrons. The highest BCUT2D eigenvalue weighted by atomic mass is 16.4. The summed E-state index contributed by atoms with van der Waals surface area (Å²) in [4.78, 5) is 10.1. The molecule has 0 spiro atoms. The molecule has 4 atom stereocenters. The number of carboxylic acids is 1. The van der Waals surface area contributed by atoms with Gasteiger partial charge < -0.3 is 30.6 Å². The molecule has 0 bridgehead atoms. The second-order valence-corrected chi connectivity index (χ2v) is 2.92. The summed E-state index contributed by atoms with van der Waals surface area (Å²) < 4.78 is 0. The Hall–Kier alpha value is -0.990. The van der Waals surface area contributed by atoms with E-state index in [0.29, 0.717) is 6.08 Å². The first kappa shape index (κ1) is 14.0. The summed E-state index contributed by atoms with van der Waals surface area (Å²) in [6.07, 6.45) is -5.44. The predicted molar refractivity (Wildman–Crippen MR) is 47.9 cm³/mol. The first-order valence-electron chi connectivity index (χ1n) is 4.14. The van der Waals surface area contributed by atoms with Crippen molar-refractivity contribution in [2.24, 2.45) is 0 Å². The van der Waals surface area contributed by atoms with Crippen molar-refractivity contribution in [2.75, 3.05) is 6.61 Å². The quantitative estimate of drug-likeness (QED) is 0.264. The zero-order chi connectivity index (χ0) is 12.0. The van der Waals surface area contributed by atoms with Crippen LogP contribution in [0.2, 0.25) is 0 Å². The summed E-state index contributed by atoms with van der Waals surface area (Å²) in [5.74, 6) is -1.32. The lowest BCUT2D eigenvalue weighted by Crippen LogP contribution is -2.45. The first-order valence-corrected chi connectivity index (χ1v) is 4.14. The Morgan fingerprint density at radius 2 is 1.67 bits per heavy atom. The summed E-state index contributed by atoms with van der Waals surface area (Å²) >= 11 is 0. The third-order valence-electron chi connectivity index (χ3n) is 1.72. The summed E-state index contributed by atoms with van der Waals surface area (Å²) in [5.41, 5.74) is 0. The fourth-order valence-corrected chi connectivity index (χ4v) is 0.832. The maximum atomic E-state index is 10.1. The lowest BCUT2D eigenvalue weighted by Gasteiger charge is -2.23. The summed E-state index contributed by atoms with van der Waals surface area (Å²) in [6.45, 7) is -0.784. The number of rotatable bonds is 6. The lowest BCUT2D eigenvalue weighted by molar-refractivity contribution is -0.131. The molecule has 0 aliphatic heterocycles. The molecule has 7 heteroatoms. The Labute approximate surface area is 85.5 Å². The molecule has 0 aromatic carbocycles. The molecule has 0 saturated carbocycles. The second kappa shape index (κ2) is 6.49. The Morgan fingerprint density at radius 1 is 1.13 bits per heavy atom. The minimum Gasteiger partial charge on any atom is -0.478 e. The van der Waals surface area contributed by atoms with Crippen LogP contribution in [0.3, 0.4) is 0 Å². The number of carboxylic acid groups (broad SMARTS) is 1. The van der Waals surface area contributed by atoms with Crippen molar-refractivity contribution in [3.05, 3.63) is 12.2 Å². The highest BCUT2D eigenvalue weighted by Crippen LogP contribution is 2.05. The van der Waals surface area contributed by atoms with E-state index in [4.69, 9.17) is 25.5 Å². The van der Waals surface area contributed by atoms with Crippen LogP contribution in [0.15, 0.2) is 12.2 Å². The van der Waals surface area contributed by atoms with Crippen molar-refractivity contribution in [1.29, 1.82) is 0 Å². The number of aliphatic hydroxyl groups is 5. The Morgan fingerprint density at radius 3 is 2.07 bits per heavy atom. The normalized spacial score (nSPS) is 19.8. The molecule has 7 nitrogen and oxygen atoms in total. The molecule has 0 aliphatic rings. The maximum absolute atomic E-state index is 10.1. The van der Waals surface area contributed by atoms with Crippen molar-refractivity contribution in [3.63, 3.8) is 0 Å². The molecule has 6 N–H and O–H groups in total. The van der Waals surface area contributed by atoms with E-state index in [9.17, 15) is 9.90 Å². The van der Waals surface area contributed by atoms with Gasteiger partial charge in [0, 0.05) is 6.08 Å². The number of aliphatic hydroxyl groups excluding tert-OH is 5. The smallest absolute Gasteiger partial charge is 0.328 e. The molecule has 0 rings (SSSR count). The van der Waals surface area contributed by atoms with E-state index in [1.165, 1.54) is 0 Å². The van der Waals surface area contributed by atoms with Crippen LogP contribution < -0.4 is 0 Å². The molecule has 0 unspecified atom stereocenters. The Kier molecular flexibility index (Phi) is 6.06. The van der Waals surface area contributed by atoms with Gasteiger partial charge in [-0.05, 0) is 6.08 Å². The fourth-order valence-electron chi connectivity index (χ4n) is 0.832. The van der Waals surface area contributed by atoms with Gasteiger partial charge in [0.2, 0.25) is 0 Å². The summed E-state index contributed by atoms with van der Waals surface area (Å²) in [7, 11) is 0. The van der Waals surface area contributed by atoms with Crippen LogP contribution in [-0.4, -0.2) is 67.6 Å². The molecule has 0 heterocycles. The van der Waals surface area contributed by atoms with E-state index in [-0.39, 0.29) is 0 Å². The van der Waals surface area contributed by atoms with Crippen molar-refractivity contribution >= 4 is 5.97 Å². The average molecular weight is 222 g/mol. The lowest BCUT2D eigenvalue weighted by atomic mass is 10.0.